The lowest BCUT2D eigenvalue weighted by Gasteiger charge is -2.02. The first-order valence-corrected chi connectivity index (χ1v) is 9.26. The van der Waals surface area contributed by atoms with Crippen LogP contribution in [0.1, 0.15) is 16.6 Å². The summed E-state index contributed by atoms with van der Waals surface area (Å²) in [5.74, 6) is -0.547. The number of nitrogens with zero attached hydrogens (tertiary/aromatic N) is 4. The standard InChI is InChI=1S/C14H10N4O2S3/c1-8-6-22-13(16-8)9(5-15)10(19)7-23-14-18-17-12(20-14)11-3-2-4-21-11/h2-4,6,9H,7H2,1H3/t9-/m1/s1. The third-order valence-corrected chi connectivity index (χ3v) is 5.54. The van der Waals surface area contributed by atoms with Gasteiger partial charge in [-0.2, -0.15) is 5.26 Å². The van der Waals surface area contributed by atoms with Gasteiger partial charge in [0.1, 0.15) is 5.01 Å². The van der Waals surface area contributed by atoms with Crippen molar-refractivity contribution in [2.75, 3.05) is 5.75 Å². The normalized spacial score (nSPS) is 12.0. The number of Topliss-reactive ketones (excluding diaryl/α,β-unsaturated/α-hetero) is 1. The van der Waals surface area contributed by atoms with Crippen LogP contribution in [0.4, 0.5) is 0 Å². The number of thiophene rings is 1. The van der Waals surface area contributed by atoms with Gasteiger partial charge in [-0.05, 0) is 18.4 Å². The van der Waals surface area contributed by atoms with Crippen LogP contribution in [0.2, 0.25) is 0 Å². The number of thioether (sulfide) groups is 1. The summed E-state index contributed by atoms with van der Waals surface area (Å²) < 4.78 is 5.50. The monoisotopic (exact) mass is 362 g/mol. The van der Waals surface area contributed by atoms with E-state index in [1.165, 1.54) is 22.7 Å². The fourth-order valence-electron chi connectivity index (χ4n) is 1.75. The summed E-state index contributed by atoms with van der Waals surface area (Å²) in [7, 11) is 0. The smallest absolute Gasteiger partial charge is 0.277 e. The molecule has 3 rings (SSSR count). The van der Waals surface area contributed by atoms with Crippen LogP contribution in [0.15, 0.2) is 32.5 Å². The number of carbonyl (C=O) groups is 1. The Hall–Kier alpha value is -2.02. The zero-order valence-electron chi connectivity index (χ0n) is 11.9. The van der Waals surface area contributed by atoms with Crippen LogP contribution in [0.5, 0.6) is 0 Å². The quantitative estimate of drug-likeness (QED) is 0.619. The third kappa shape index (κ3) is 3.67. The van der Waals surface area contributed by atoms with E-state index < -0.39 is 5.92 Å². The summed E-state index contributed by atoms with van der Waals surface area (Å²) in [6, 6.07) is 5.80. The first-order chi connectivity index (χ1) is 11.2. The molecule has 9 heteroatoms. The summed E-state index contributed by atoms with van der Waals surface area (Å²) in [5, 5.41) is 21.7. The molecule has 0 N–H and O–H groups in total. The minimum Gasteiger partial charge on any atom is -0.410 e. The number of thiazole rings is 1. The predicted molar refractivity (Wildman–Crippen MR) is 88.5 cm³/mol. The zero-order valence-corrected chi connectivity index (χ0v) is 14.4. The average molecular weight is 362 g/mol. The van der Waals surface area contributed by atoms with Gasteiger partial charge in [0.2, 0.25) is 0 Å². The van der Waals surface area contributed by atoms with Crippen LogP contribution in [-0.2, 0) is 4.79 Å². The van der Waals surface area contributed by atoms with Gasteiger partial charge in [-0.15, -0.1) is 32.9 Å². The number of hydrogen-bond donors (Lipinski definition) is 0. The van der Waals surface area contributed by atoms with Gasteiger partial charge in [0.25, 0.3) is 11.1 Å². The van der Waals surface area contributed by atoms with Crippen molar-refractivity contribution in [1.82, 2.24) is 15.2 Å². The summed E-state index contributed by atoms with van der Waals surface area (Å²) in [5.41, 5.74) is 0.809. The topological polar surface area (TPSA) is 92.7 Å². The first kappa shape index (κ1) is 15.9. The summed E-state index contributed by atoms with van der Waals surface area (Å²) >= 11 is 3.95. The van der Waals surface area contributed by atoms with Crippen molar-refractivity contribution in [3.05, 3.63) is 33.6 Å². The number of aryl methyl sites for hydroxylation is 1. The molecule has 0 unspecified atom stereocenters. The molecule has 0 fully saturated rings. The van der Waals surface area contributed by atoms with Crippen LogP contribution < -0.4 is 0 Å². The van der Waals surface area contributed by atoms with Crippen molar-refractivity contribution < 1.29 is 9.21 Å². The van der Waals surface area contributed by atoms with E-state index in [9.17, 15) is 10.1 Å². The van der Waals surface area contributed by atoms with Gasteiger partial charge in [-0.3, -0.25) is 4.79 Å². The van der Waals surface area contributed by atoms with Gasteiger partial charge in [0, 0.05) is 11.1 Å². The SMILES string of the molecule is Cc1csc([C@H](C#N)C(=O)CSc2nnc(-c3cccs3)o2)n1. The molecule has 3 heterocycles. The lowest BCUT2D eigenvalue weighted by Crippen LogP contribution is -2.13. The van der Waals surface area contributed by atoms with E-state index in [0.29, 0.717) is 16.1 Å². The minimum atomic E-state index is -0.846. The number of ketones is 1. The fraction of sp³-hybridized carbons (Fsp3) is 0.214. The Kier molecular flexibility index (Phi) is 4.85. The van der Waals surface area contributed by atoms with Crippen LogP contribution in [-0.4, -0.2) is 26.7 Å². The van der Waals surface area contributed by atoms with E-state index in [0.717, 1.165) is 22.3 Å². The molecule has 23 heavy (non-hydrogen) atoms. The van der Waals surface area contributed by atoms with Gasteiger partial charge >= 0.3 is 0 Å². The molecule has 0 aliphatic carbocycles. The number of nitriles is 1. The molecular weight excluding hydrogens is 352 g/mol. The van der Waals surface area contributed by atoms with E-state index >= 15 is 0 Å². The highest BCUT2D eigenvalue weighted by molar-refractivity contribution is 7.99. The summed E-state index contributed by atoms with van der Waals surface area (Å²) in [6.07, 6.45) is 0. The zero-order chi connectivity index (χ0) is 16.2. The van der Waals surface area contributed by atoms with Crippen LogP contribution in [0.3, 0.4) is 0 Å². The van der Waals surface area contributed by atoms with Crippen molar-refractivity contribution in [2.45, 2.75) is 18.1 Å². The highest BCUT2D eigenvalue weighted by atomic mass is 32.2. The molecule has 0 amide bonds. The largest absolute Gasteiger partial charge is 0.410 e. The molecular formula is C14H10N4O2S3. The fourth-order valence-corrected chi connectivity index (χ4v) is 3.93. The molecule has 3 aromatic rings. The molecule has 116 valence electrons. The van der Waals surface area contributed by atoms with E-state index in [4.69, 9.17) is 4.42 Å². The predicted octanol–water partition coefficient (Wildman–Crippen LogP) is 3.53. The lowest BCUT2D eigenvalue weighted by molar-refractivity contribution is -0.116. The van der Waals surface area contributed by atoms with Crippen LogP contribution in [0.25, 0.3) is 10.8 Å². The second kappa shape index (κ2) is 7.04. The number of aromatic nitrogens is 3. The van der Waals surface area contributed by atoms with Gasteiger partial charge in [-0.1, -0.05) is 17.8 Å². The van der Waals surface area contributed by atoms with Crippen molar-refractivity contribution in [3.8, 4) is 16.8 Å². The Balaban J connectivity index is 1.63. The number of carbonyl (C=O) groups excluding carboxylic acids is 1. The molecule has 0 saturated heterocycles. The van der Waals surface area contributed by atoms with Gasteiger partial charge in [-0.25, -0.2) is 4.98 Å². The molecule has 0 saturated carbocycles. The maximum absolute atomic E-state index is 12.2. The maximum atomic E-state index is 12.2. The first-order valence-electron chi connectivity index (χ1n) is 6.52. The molecule has 0 aromatic carbocycles. The van der Waals surface area contributed by atoms with E-state index in [1.807, 2.05) is 35.9 Å². The van der Waals surface area contributed by atoms with Crippen molar-refractivity contribution in [2.24, 2.45) is 0 Å². The highest BCUT2D eigenvalue weighted by Gasteiger charge is 2.24. The van der Waals surface area contributed by atoms with Crippen LogP contribution >= 0.6 is 34.4 Å². The number of rotatable bonds is 6. The van der Waals surface area contributed by atoms with Crippen molar-refractivity contribution in [1.29, 1.82) is 5.26 Å². The van der Waals surface area contributed by atoms with Gasteiger partial charge in [0.05, 0.1) is 16.7 Å². The lowest BCUT2D eigenvalue weighted by atomic mass is 10.1. The third-order valence-electron chi connectivity index (χ3n) is 2.81. The highest BCUT2D eigenvalue weighted by Crippen LogP contribution is 2.28. The van der Waals surface area contributed by atoms with Crippen molar-refractivity contribution in [3.63, 3.8) is 0 Å². The second-order valence-corrected chi connectivity index (χ2v) is 7.26. The molecule has 0 radical (unpaired) electrons. The van der Waals surface area contributed by atoms with E-state index in [-0.39, 0.29) is 11.5 Å². The molecule has 0 aliphatic heterocycles. The minimum absolute atomic E-state index is 0.0862. The molecule has 6 nitrogen and oxygen atoms in total. The average Bonchev–Trinajstić information content (AvgIpc) is 3.27. The second-order valence-electron chi connectivity index (χ2n) is 4.49. The Morgan fingerprint density at radius 3 is 3.00 bits per heavy atom. The van der Waals surface area contributed by atoms with Crippen LogP contribution in [0, 0.1) is 18.3 Å². The van der Waals surface area contributed by atoms with E-state index in [1.54, 1.807) is 0 Å². The summed E-state index contributed by atoms with van der Waals surface area (Å²) in [6.45, 7) is 1.83. The van der Waals surface area contributed by atoms with E-state index in [2.05, 4.69) is 15.2 Å². The van der Waals surface area contributed by atoms with Gasteiger partial charge < -0.3 is 4.42 Å². The molecule has 0 aliphatic rings. The Morgan fingerprint density at radius 2 is 2.35 bits per heavy atom. The maximum Gasteiger partial charge on any atom is 0.277 e. The van der Waals surface area contributed by atoms with Crippen molar-refractivity contribution >= 4 is 40.2 Å². The molecule has 3 aromatic heterocycles. The molecule has 0 bridgehead atoms. The molecule has 0 spiro atoms. The number of hydrogen-bond acceptors (Lipinski definition) is 9. The Labute approximate surface area is 144 Å². The summed E-state index contributed by atoms with van der Waals surface area (Å²) in [4.78, 5) is 17.3. The Morgan fingerprint density at radius 1 is 1.48 bits per heavy atom. The molecule has 1 atom stereocenters. The van der Waals surface area contributed by atoms with Gasteiger partial charge in [0.15, 0.2) is 11.7 Å². The Bertz CT molecular complexity index is 848.